The average molecular weight is 185 g/mol. The summed E-state index contributed by atoms with van der Waals surface area (Å²) < 4.78 is 0. The van der Waals surface area contributed by atoms with Gasteiger partial charge in [0.05, 0.1) is 0 Å². The molecule has 1 aliphatic carbocycles. The Kier molecular flexibility index (Phi) is 3.59. The van der Waals surface area contributed by atoms with E-state index in [9.17, 15) is 10.0 Å². The van der Waals surface area contributed by atoms with Gasteiger partial charge >= 0.3 is 0 Å². The lowest BCUT2D eigenvalue weighted by Crippen LogP contribution is -3.05. The molecule has 0 radical (unpaired) electrons. The number of carbonyl (C=O) groups is 1. The number of hydrogen-bond acceptors (Lipinski definition) is 3. The molecule has 0 bridgehead atoms. The maximum atomic E-state index is 11.4. The van der Waals surface area contributed by atoms with Crippen molar-refractivity contribution >= 4 is 5.78 Å². The van der Waals surface area contributed by atoms with Gasteiger partial charge in [-0.15, -0.1) is 0 Å². The van der Waals surface area contributed by atoms with E-state index in [1.54, 1.807) is 6.92 Å². The molecule has 0 aromatic heterocycles. The Hall–Kier alpha value is -0.710. The van der Waals surface area contributed by atoms with E-state index in [-0.39, 0.29) is 24.0 Å². The minimum Gasteiger partial charge on any atom is -0.595 e. The second-order valence-corrected chi connectivity index (χ2v) is 3.19. The molecule has 4 heteroatoms. The fourth-order valence-corrected chi connectivity index (χ4v) is 1.24. The minimum atomic E-state index is -0.570. The third-order valence-corrected chi connectivity index (χ3v) is 2.30. The lowest BCUT2D eigenvalue weighted by atomic mass is 9.81. The van der Waals surface area contributed by atoms with Gasteiger partial charge in [0.15, 0.2) is 5.70 Å². The second kappa shape index (κ2) is 4.50. The SMILES string of the molecule is C=C(C(=O)C1CCC1)[NH+]([O-])OCC. The van der Waals surface area contributed by atoms with E-state index in [1.807, 2.05) is 0 Å². The molecule has 1 unspecified atom stereocenters. The molecule has 4 nitrogen and oxygen atoms in total. The number of rotatable bonds is 5. The summed E-state index contributed by atoms with van der Waals surface area (Å²) in [5.41, 5.74) is 0.00606. The molecule has 0 spiro atoms. The molecule has 1 atom stereocenters. The quantitative estimate of drug-likeness (QED) is 0.492. The molecule has 1 fully saturated rings. The molecule has 0 saturated heterocycles. The summed E-state index contributed by atoms with van der Waals surface area (Å²) in [6.07, 6.45) is 2.85. The zero-order chi connectivity index (χ0) is 9.84. The second-order valence-electron chi connectivity index (χ2n) is 3.19. The van der Waals surface area contributed by atoms with Crippen LogP contribution in [0.5, 0.6) is 0 Å². The van der Waals surface area contributed by atoms with Crippen molar-refractivity contribution in [3.63, 3.8) is 0 Å². The van der Waals surface area contributed by atoms with Crippen LogP contribution in [0.2, 0.25) is 0 Å². The molecule has 74 valence electrons. The molecule has 1 saturated carbocycles. The average Bonchev–Trinajstić information content (AvgIpc) is 2.00. The van der Waals surface area contributed by atoms with Gasteiger partial charge in [-0.25, -0.2) is 0 Å². The maximum Gasteiger partial charge on any atom is 0.221 e. The summed E-state index contributed by atoms with van der Waals surface area (Å²) in [6, 6.07) is 0. The fourth-order valence-electron chi connectivity index (χ4n) is 1.24. The zero-order valence-corrected chi connectivity index (χ0v) is 7.84. The molecule has 0 aromatic rings. The van der Waals surface area contributed by atoms with Crippen LogP contribution in [0, 0.1) is 11.1 Å². The highest BCUT2D eigenvalue weighted by Crippen LogP contribution is 2.27. The molecule has 0 amide bonds. The van der Waals surface area contributed by atoms with Gasteiger partial charge in [-0.1, -0.05) is 6.42 Å². The normalized spacial score (nSPS) is 19.2. The van der Waals surface area contributed by atoms with Crippen LogP contribution < -0.4 is 5.23 Å². The van der Waals surface area contributed by atoms with Crippen molar-refractivity contribution in [2.24, 2.45) is 5.92 Å². The predicted molar refractivity (Wildman–Crippen MR) is 47.4 cm³/mol. The summed E-state index contributed by atoms with van der Waals surface area (Å²) in [6.45, 7) is 5.45. The van der Waals surface area contributed by atoms with E-state index in [0.717, 1.165) is 19.3 Å². The molecule has 1 aliphatic rings. The van der Waals surface area contributed by atoms with Crippen LogP contribution >= 0.6 is 0 Å². The number of hydroxylamine groups is 2. The summed E-state index contributed by atoms with van der Waals surface area (Å²) >= 11 is 0. The zero-order valence-electron chi connectivity index (χ0n) is 7.84. The van der Waals surface area contributed by atoms with Crippen LogP contribution in [0.15, 0.2) is 12.3 Å². The van der Waals surface area contributed by atoms with Crippen LogP contribution in [-0.4, -0.2) is 12.4 Å². The highest BCUT2D eigenvalue weighted by molar-refractivity contribution is 5.94. The molecule has 0 aliphatic heterocycles. The lowest BCUT2D eigenvalue weighted by Gasteiger charge is -2.27. The van der Waals surface area contributed by atoms with Crippen LogP contribution in [-0.2, 0) is 9.63 Å². The van der Waals surface area contributed by atoms with Gasteiger partial charge in [0.2, 0.25) is 5.78 Å². The van der Waals surface area contributed by atoms with Gasteiger partial charge in [-0.3, -0.25) is 4.79 Å². The van der Waals surface area contributed by atoms with Crippen molar-refractivity contribution in [1.82, 2.24) is 0 Å². The van der Waals surface area contributed by atoms with Crippen LogP contribution in [0.1, 0.15) is 26.2 Å². The summed E-state index contributed by atoms with van der Waals surface area (Å²) in [7, 11) is 0. The number of nitrogens with one attached hydrogen (secondary N) is 1. The first-order valence-corrected chi connectivity index (χ1v) is 4.57. The number of allylic oxidation sites excluding steroid dienone is 1. The molecule has 0 heterocycles. The first-order chi connectivity index (χ1) is 6.16. The number of ketones is 1. The van der Waals surface area contributed by atoms with Gasteiger partial charge in [0.1, 0.15) is 6.61 Å². The standard InChI is InChI=1S/C9H15NO3/c1-3-13-10(12)7(2)9(11)8-5-4-6-8/h8,10H,2-6H2,1H3. The van der Waals surface area contributed by atoms with Crippen molar-refractivity contribution < 1.29 is 14.9 Å². The maximum absolute atomic E-state index is 11.4. The van der Waals surface area contributed by atoms with Gasteiger partial charge in [0, 0.05) is 5.92 Å². The van der Waals surface area contributed by atoms with E-state index in [4.69, 9.17) is 0 Å². The van der Waals surface area contributed by atoms with Crippen LogP contribution in [0.25, 0.3) is 0 Å². The van der Waals surface area contributed by atoms with Gasteiger partial charge in [0.25, 0.3) is 0 Å². The Balaban J connectivity index is 2.41. The Morgan fingerprint density at radius 2 is 2.31 bits per heavy atom. The Labute approximate surface area is 77.7 Å². The topological polar surface area (TPSA) is 53.8 Å². The predicted octanol–water partition coefficient (Wildman–Crippen LogP) is 0.204. The third kappa shape index (κ3) is 2.37. The molecule has 0 aromatic carbocycles. The summed E-state index contributed by atoms with van der Waals surface area (Å²) in [5.74, 6) is -0.110. The Morgan fingerprint density at radius 1 is 1.69 bits per heavy atom. The monoisotopic (exact) mass is 185 g/mol. The van der Waals surface area contributed by atoms with Crippen molar-refractivity contribution in [2.75, 3.05) is 6.61 Å². The summed E-state index contributed by atoms with van der Waals surface area (Å²) in [5, 5.41) is 10.5. The Bertz CT molecular complexity index is 211. The van der Waals surface area contributed by atoms with Crippen LogP contribution in [0.4, 0.5) is 0 Å². The molecule has 1 N–H and O–H groups in total. The number of carbonyl (C=O) groups excluding carboxylic acids is 1. The van der Waals surface area contributed by atoms with E-state index in [0.29, 0.717) is 0 Å². The number of hydrogen-bond donors (Lipinski definition) is 1. The van der Waals surface area contributed by atoms with E-state index >= 15 is 0 Å². The number of quaternary nitrogens is 1. The Morgan fingerprint density at radius 3 is 2.69 bits per heavy atom. The highest BCUT2D eigenvalue weighted by Gasteiger charge is 2.30. The fraction of sp³-hybridized carbons (Fsp3) is 0.667. The van der Waals surface area contributed by atoms with E-state index < -0.39 is 5.23 Å². The first kappa shape index (κ1) is 10.4. The third-order valence-electron chi connectivity index (χ3n) is 2.30. The van der Waals surface area contributed by atoms with Crippen molar-refractivity contribution in [3.05, 3.63) is 17.5 Å². The highest BCUT2D eigenvalue weighted by atomic mass is 16.9. The van der Waals surface area contributed by atoms with Crippen molar-refractivity contribution in [3.8, 4) is 0 Å². The van der Waals surface area contributed by atoms with Gasteiger partial charge in [-0.2, -0.15) is 10.1 Å². The number of Topliss-reactive ketones (excluding diaryl/α,β-unsaturated/α-hetero) is 1. The minimum absolute atomic E-state index is 0.00606. The summed E-state index contributed by atoms with van der Waals surface area (Å²) in [4.78, 5) is 16.1. The lowest BCUT2D eigenvalue weighted by molar-refractivity contribution is -1.02. The van der Waals surface area contributed by atoms with Crippen molar-refractivity contribution in [2.45, 2.75) is 26.2 Å². The van der Waals surface area contributed by atoms with E-state index in [1.165, 1.54) is 0 Å². The smallest absolute Gasteiger partial charge is 0.221 e. The van der Waals surface area contributed by atoms with Crippen molar-refractivity contribution in [1.29, 1.82) is 0 Å². The van der Waals surface area contributed by atoms with Gasteiger partial charge in [-0.05, 0) is 26.3 Å². The van der Waals surface area contributed by atoms with Gasteiger partial charge < -0.3 is 5.21 Å². The molecule has 1 rings (SSSR count). The molecular weight excluding hydrogens is 170 g/mol. The largest absolute Gasteiger partial charge is 0.595 e. The van der Waals surface area contributed by atoms with Crippen LogP contribution in [0.3, 0.4) is 0 Å². The molecule has 13 heavy (non-hydrogen) atoms. The first-order valence-electron chi connectivity index (χ1n) is 4.57. The van der Waals surface area contributed by atoms with E-state index in [2.05, 4.69) is 11.4 Å². The molecular formula is C9H15NO3.